The molecular formula is C15H19N3OS. The number of thioether (sulfide) groups is 1. The lowest BCUT2D eigenvalue weighted by molar-refractivity contribution is 0.296. The number of benzene rings is 1. The van der Waals surface area contributed by atoms with Crippen molar-refractivity contribution in [3.63, 3.8) is 0 Å². The van der Waals surface area contributed by atoms with Crippen molar-refractivity contribution in [1.82, 2.24) is 15.5 Å². The van der Waals surface area contributed by atoms with Gasteiger partial charge in [0.15, 0.2) is 5.82 Å². The molecule has 1 N–H and O–H groups in total. The second kappa shape index (κ2) is 6.41. The number of hydrogen-bond acceptors (Lipinski definition) is 5. The number of aryl methyl sites for hydroxylation is 1. The molecule has 1 aromatic heterocycles. The number of hydrogen-bond donors (Lipinski definition) is 1. The van der Waals surface area contributed by atoms with Crippen LogP contribution in [0.1, 0.15) is 42.6 Å². The van der Waals surface area contributed by atoms with Crippen molar-refractivity contribution in [2.45, 2.75) is 42.9 Å². The lowest BCUT2D eigenvalue weighted by Crippen LogP contribution is -2.26. The molecule has 0 amide bonds. The molecule has 1 fully saturated rings. The third kappa shape index (κ3) is 3.41. The Morgan fingerprint density at radius 1 is 1.30 bits per heavy atom. The molecule has 0 aliphatic carbocycles. The van der Waals surface area contributed by atoms with Gasteiger partial charge in [0, 0.05) is 4.90 Å². The fraction of sp³-hybridized carbons (Fsp3) is 0.467. The summed E-state index contributed by atoms with van der Waals surface area (Å²) < 4.78 is 5.37. The van der Waals surface area contributed by atoms with E-state index in [2.05, 4.69) is 46.6 Å². The van der Waals surface area contributed by atoms with E-state index in [1.807, 2.05) is 0 Å². The van der Waals surface area contributed by atoms with Crippen LogP contribution in [-0.4, -0.2) is 16.7 Å². The molecule has 0 bridgehead atoms. The van der Waals surface area contributed by atoms with Crippen molar-refractivity contribution in [3.05, 3.63) is 41.5 Å². The van der Waals surface area contributed by atoms with Crippen LogP contribution < -0.4 is 5.32 Å². The Kier molecular flexibility index (Phi) is 4.38. The number of aromatic nitrogens is 2. The van der Waals surface area contributed by atoms with Crippen molar-refractivity contribution in [2.24, 2.45) is 0 Å². The predicted octanol–water partition coefficient (Wildman–Crippen LogP) is 3.48. The zero-order valence-corrected chi connectivity index (χ0v) is 12.4. The fourth-order valence-electron chi connectivity index (χ4n) is 2.31. The first-order valence-electron chi connectivity index (χ1n) is 7.06. The van der Waals surface area contributed by atoms with Crippen LogP contribution in [0.4, 0.5) is 0 Å². The first kappa shape index (κ1) is 13.6. The van der Waals surface area contributed by atoms with E-state index in [4.69, 9.17) is 4.52 Å². The normalized spacial score (nSPS) is 19.1. The molecule has 1 atom stereocenters. The number of nitrogens with zero attached hydrogens (tertiary/aromatic N) is 2. The average molecular weight is 289 g/mol. The third-order valence-corrected chi connectivity index (χ3v) is 4.49. The van der Waals surface area contributed by atoms with Gasteiger partial charge in [-0.2, -0.15) is 4.98 Å². The summed E-state index contributed by atoms with van der Waals surface area (Å²) in [5, 5.41) is 7.50. The zero-order chi connectivity index (χ0) is 13.8. The summed E-state index contributed by atoms with van der Waals surface area (Å²) >= 11 is 1.74. The molecule has 1 saturated heterocycles. The van der Waals surface area contributed by atoms with Crippen molar-refractivity contribution < 1.29 is 4.52 Å². The zero-order valence-electron chi connectivity index (χ0n) is 11.6. The maximum Gasteiger partial charge on any atom is 0.243 e. The van der Waals surface area contributed by atoms with Crippen LogP contribution in [0.3, 0.4) is 0 Å². The van der Waals surface area contributed by atoms with Crippen LogP contribution in [0.15, 0.2) is 33.7 Å². The minimum absolute atomic E-state index is 0.245. The van der Waals surface area contributed by atoms with Crippen molar-refractivity contribution in [1.29, 1.82) is 0 Å². The highest BCUT2D eigenvalue weighted by molar-refractivity contribution is 7.98. The van der Waals surface area contributed by atoms with Gasteiger partial charge in [0.05, 0.1) is 11.8 Å². The standard InChI is InChI=1S/C15H19N3OS/c1-11-5-7-12(8-6-11)20-10-14-17-15(19-18-14)13-4-2-3-9-16-13/h5-8,13,16H,2-4,9-10H2,1H3/t13-/m1/s1. The van der Waals surface area contributed by atoms with Gasteiger partial charge < -0.3 is 9.84 Å². The minimum Gasteiger partial charge on any atom is -0.338 e. The van der Waals surface area contributed by atoms with Crippen LogP contribution in [0.2, 0.25) is 0 Å². The Morgan fingerprint density at radius 2 is 2.15 bits per heavy atom. The molecule has 1 aliphatic heterocycles. The smallest absolute Gasteiger partial charge is 0.243 e. The Morgan fingerprint density at radius 3 is 2.90 bits per heavy atom. The Bertz CT molecular complexity index is 547. The summed E-state index contributed by atoms with van der Waals surface area (Å²) in [6, 6.07) is 8.74. The van der Waals surface area contributed by atoms with Gasteiger partial charge in [-0.1, -0.05) is 29.3 Å². The van der Waals surface area contributed by atoms with Crippen LogP contribution in [0.25, 0.3) is 0 Å². The SMILES string of the molecule is Cc1ccc(SCc2noc([C@H]3CCCCN3)n2)cc1. The van der Waals surface area contributed by atoms with E-state index >= 15 is 0 Å². The van der Waals surface area contributed by atoms with Gasteiger partial charge in [-0.15, -0.1) is 11.8 Å². The van der Waals surface area contributed by atoms with Gasteiger partial charge in [0.25, 0.3) is 0 Å². The molecule has 0 saturated carbocycles. The molecule has 0 spiro atoms. The summed E-state index contributed by atoms with van der Waals surface area (Å²) in [4.78, 5) is 5.74. The van der Waals surface area contributed by atoms with E-state index in [0.717, 1.165) is 30.4 Å². The summed E-state index contributed by atoms with van der Waals surface area (Å²) in [7, 11) is 0. The molecule has 1 aromatic carbocycles. The molecule has 20 heavy (non-hydrogen) atoms. The number of piperidine rings is 1. The summed E-state index contributed by atoms with van der Waals surface area (Å²) in [5.74, 6) is 2.27. The van der Waals surface area contributed by atoms with Gasteiger partial charge >= 0.3 is 0 Å². The molecule has 0 radical (unpaired) electrons. The van der Waals surface area contributed by atoms with Crippen molar-refractivity contribution >= 4 is 11.8 Å². The fourth-order valence-corrected chi connectivity index (χ4v) is 3.05. The molecule has 3 rings (SSSR count). The Balaban J connectivity index is 1.58. The van der Waals surface area contributed by atoms with E-state index in [1.54, 1.807) is 11.8 Å². The minimum atomic E-state index is 0.245. The molecule has 2 heterocycles. The molecule has 4 nitrogen and oxygen atoms in total. The summed E-state index contributed by atoms with van der Waals surface area (Å²) in [5.41, 5.74) is 1.28. The quantitative estimate of drug-likeness (QED) is 0.873. The van der Waals surface area contributed by atoms with Crippen molar-refractivity contribution in [2.75, 3.05) is 6.54 Å². The molecule has 2 aromatic rings. The van der Waals surface area contributed by atoms with Gasteiger partial charge in [-0.3, -0.25) is 0 Å². The maximum absolute atomic E-state index is 5.37. The molecule has 5 heteroatoms. The van der Waals surface area contributed by atoms with Crippen LogP contribution >= 0.6 is 11.8 Å². The highest BCUT2D eigenvalue weighted by Crippen LogP contribution is 2.24. The largest absolute Gasteiger partial charge is 0.338 e. The van der Waals surface area contributed by atoms with Crippen molar-refractivity contribution in [3.8, 4) is 0 Å². The van der Waals surface area contributed by atoms with E-state index in [-0.39, 0.29) is 6.04 Å². The Hall–Kier alpha value is -1.33. The lowest BCUT2D eigenvalue weighted by atomic mass is 10.1. The molecular weight excluding hydrogens is 270 g/mol. The van der Waals surface area contributed by atoms with Crippen LogP contribution in [-0.2, 0) is 5.75 Å². The predicted molar refractivity (Wildman–Crippen MR) is 79.6 cm³/mol. The summed E-state index contributed by atoms with van der Waals surface area (Å²) in [6.07, 6.45) is 3.56. The third-order valence-electron chi connectivity index (χ3n) is 3.48. The molecule has 0 unspecified atom stereocenters. The van der Waals surface area contributed by atoms with E-state index in [9.17, 15) is 0 Å². The monoisotopic (exact) mass is 289 g/mol. The average Bonchev–Trinajstić information content (AvgIpc) is 2.97. The van der Waals surface area contributed by atoms with Gasteiger partial charge in [0.1, 0.15) is 0 Å². The number of nitrogens with one attached hydrogen (secondary N) is 1. The highest BCUT2D eigenvalue weighted by Gasteiger charge is 2.20. The molecule has 1 aliphatic rings. The second-order valence-electron chi connectivity index (χ2n) is 5.15. The van der Waals surface area contributed by atoms with Gasteiger partial charge in [0.2, 0.25) is 5.89 Å². The van der Waals surface area contributed by atoms with Gasteiger partial charge in [-0.25, -0.2) is 0 Å². The maximum atomic E-state index is 5.37. The topological polar surface area (TPSA) is 51.0 Å². The summed E-state index contributed by atoms with van der Waals surface area (Å²) in [6.45, 7) is 3.14. The van der Waals surface area contributed by atoms with Crippen LogP contribution in [0, 0.1) is 6.92 Å². The van der Waals surface area contributed by atoms with Crippen LogP contribution in [0.5, 0.6) is 0 Å². The first-order valence-corrected chi connectivity index (χ1v) is 8.05. The highest BCUT2D eigenvalue weighted by atomic mass is 32.2. The van der Waals surface area contributed by atoms with E-state index < -0.39 is 0 Å². The van der Waals surface area contributed by atoms with E-state index in [1.165, 1.54) is 23.3 Å². The number of rotatable bonds is 4. The second-order valence-corrected chi connectivity index (χ2v) is 6.20. The Labute approximate surface area is 123 Å². The lowest BCUT2D eigenvalue weighted by Gasteiger charge is -2.19. The van der Waals surface area contributed by atoms with Gasteiger partial charge in [-0.05, 0) is 38.4 Å². The van der Waals surface area contributed by atoms with E-state index in [0.29, 0.717) is 0 Å². The molecule has 106 valence electrons. The first-order chi connectivity index (χ1) is 9.81.